The molecule has 5 aromatic rings. The fourth-order valence-corrected chi connectivity index (χ4v) is 5.13. The van der Waals surface area contributed by atoms with E-state index >= 15 is 0 Å². The summed E-state index contributed by atoms with van der Waals surface area (Å²) >= 11 is 0. The van der Waals surface area contributed by atoms with Crippen molar-refractivity contribution in [2.75, 3.05) is 44.0 Å². The van der Waals surface area contributed by atoms with Gasteiger partial charge in [-0.3, -0.25) is 9.89 Å². The van der Waals surface area contributed by atoms with Crippen LogP contribution in [0.2, 0.25) is 0 Å². The van der Waals surface area contributed by atoms with Crippen LogP contribution in [0.5, 0.6) is 0 Å². The molecular formula is C29H29F2N7O2. The Labute approximate surface area is 229 Å². The van der Waals surface area contributed by atoms with Gasteiger partial charge in [0.15, 0.2) is 5.82 Å². The second kappa shape index (κ2) is 10.3. The second-order valence-corrected chi connectivity index (χ2v) is 10.4. The summed E-state index contributed by atoms with van der Waals surface area (Å²) in [6.07, 6.45) is 0.129. The van der Waals surface area contributed by atoms with Crippen molar-refractivity contribution in [1.29, 1.82) is 0 Å². The number of imidazole rings is 1. The number of amides is 1. The Morgan fingerprint density at radius 1 is 1.12 bits per heavy atom. The van der Waals surface area contributed by atoms with E-state index in [2.05, 4.69) is 49.4 Å². The van der Waals surface area contributed by atoms with Crippen molar-refractivity contribution in [2.45, 2.75) is 19.1 Å². The first-order valence-corrected chi connectivity index (χ1v) is 13.0. The number of fused-ring (bicyclic) bond motifs is 2. The SMILES string of the molecule is CC1COC(CN(C)C)CN1c1ccc2nc(-c3n[nH]c4ccc(NC(=O)c5ccc(F)cc5F)cc34)[nH]c2c1. The van der Waals surface area contributed by atoms with Gasteiger partial charge < -0.3 is 24.8 Å². The van der Waals surface area contributed by atoms with E-state index in [1.165, 1.54) is 0 Å². The average molecular weight is 546 g/mol. The van der Waals surface area contributed by atoms with E-state index in [-0.39, 0.29) is 17.7 Å². The number of rotatable bonds is 6. The summed E-state index contributed by atoms with van der Waals surface area (Å²) in [6, 6.07) is 14.4. The first kappa shape index (κ1) is 25.9. The molecule has 2 unspecified atom stereocenters. The number of halogens is 2. The maximum atomic E-state index is 14.1. The number of H-pyrrole nitrogens is 2. The molecule has 206 valence electrons. The number of aromatic nitrogens is 4. The minimum absolute atomic E-state index is 0.129. The Morgan fingerprint density at radius 2 is 1.98 bits per heavy atom. The topological polar surface area (TPSA) is 102 Å². The number of nitrogens with zero attached hydrogens (tertiary/aromatic N) is 4. The summed E-state index contributed by atoms with van der Waals surface area (Å²) in [5, 5.41) is 10.9. The molecule has 0 radical (unpaired) electrons. The van der Waals surface area contributed by atoms with Gasteiger partial charge in [-0.25, -0.2) is 13.8 Å². The van der Waals surface area contributed by atoms with Crippen LogP contribution in [0.15, 0.2) is 54.6 Å². The Kier molecular flexibility index (Phi) is 6.68. The molecule has 3 heterocycles. The van der Waals surface area contributed by atoms with Crippen LogP contribution in [-0.2, 0) is 4.74 Å². The van der Waals surface area contributed by atoms with Gasteiger partial charge in [0.05, 0.1) is 34.8 Å². The highest BCUT2D eigenvalue weighted by Gasteiger charge is 2.27. The van der Waals surface area contributed by atoms with E-state index in [0.29, 0.717) is 29.9 Å². The molecule has 6 rings (SSSR count). The summed E-state index contributed by atoms with van der Waals surface area (Å²) in [6.45, 7) is 4.47. The van der Waals surface area contributed by atoms with E-state index in [0.717, 1.165) is 52.8 Å². The normalized spacial score (nSPS) is 17.7. The number of carbonyl (C=O) groups is 1. The quantitative estimate of drug-likeness (QED) is 0.284. The lowest BCUT2D eigenvalue weighted by atomic mass is 10.1. The standard InChI is InChI=1S/C29H29F2N7O2/c1-16-15-40-20(13-37(2)3)14-38(16)19-6-9-25-26(12-19)34-28(33-25)27-22-11-18(5-8-24(22)35-36-27)32-29(39)21-7-4-17(30)10-23(21)31/h4-12,16,20H,13-15H2,1-3H3,(H,32,39)(H,33,34)(H,35,36). The fraction of sp³-hybridized carbons (Fsp3) is 0.276. The molecule has 1 amide bonds. The molecule has 9 nitrogen and oxygen atoms in total. The number of anilines is 2. The molecule has 1 aliphatic heterocycles. The summed E-state index contributed by atoms with van der Waals surface area (Å²) in [5.41, 5.74) is 4.30. The van der Waals surface area contributed by atoms with Gasteiger partial charge in [-0.2, -0.15) is 5.10 Å². The Morgan fingerprint density at radius 3 is 2.77 bits per heavy atom. The molecule has 0 aliphatic carbocycles. The van der Waals surface area contributed by atoms with E-state index in [9.17, 15) is 13.6 Å². The Bertz CT molecular complexity index is 1710. The predicted octanol–water partition coefficient (Wildman–Crippen LogP) is 4.79. The van der Waals surface area contributed by atoms with Gasteiger partial charge in [-0.1, -0.05) is 0 Å². The van der Waals surface area contributed by atoms with Gasteiger partial charge in [0, 0.05) is 42.0 Å². The zero-order valence-corrected chi connectivity index (χ0v) is 22.3. The van der Waals surface area contributed by atoms with Gasteiger partial charge >= 0.3 is 0 Å². The number of hydrogen-bond donors (Lipinski definition) is 3. The lowest BCUT2D eigenvalue weighted by Gasteiger charge is -2.40. The summed E-state index contributed by atoms with van der Waals surface area (Å²) in [5.74, 6) is -1.77. The Balaban J connectivity index is 1.28. The van der Waals surface area contributed by atoms with Crippen molar-refractivity contribution in [1.82, 2.24) is 25.1 Å². The molecule has 3 N–H and O–H groups in total. The van der Waals surface area contributed by atoms with Crippen molar-refractivity contribution < 1.29 is 18.3 Å². The minimum atomic E-state index is -0.927. The lowest BCUT2D eigenvalue weighted by Crippen LogP contribution is -2.51. The van der Waals surface area contributed by atoms with Gasteiger partial charge in [0.25, 0.3) is 5.91 Å². The summed E-state index contributed by atoms with van der Waals surface area (Å²) in [7, 11) is 4.09. The largest absolute Gasteiger partial charge is 0.373 e. The molecule has 0 saturated carbocycles. The highest BCUT2D eigenvalue weighted by Crippen LogP contribution is 2.31. The third-order valence-electron chi connectivity index (χ3n) is 7.09. The summed E-state index contributed by atoms with van der Waals surface area (Å²) < 4.78 is 33.4. The fourth-order valence-electron chi connectivity index (χ4n) is 5.13. The van der Waals surface area contributed by atoms with Crippen LogP contribution in [0.4, 0.5) is 20.2 Å². The maximum Gasteiger partial charge on any atom is 0.258 e. The minimum Gasteiger partial charge on any atom is -0.373 e. The van der Waals surface area contributed by atoms with Crippen LogP contribution in [0.25, 0.3) is 33.5 Å². The van der Waals surface area contributed by atoms with Crippen LogP contribution >= 0.6 is 0 Å². The third-order valence-corrected chi connectivity index (χ3v) is 7.09. The van der Waals surface area contributed by atoms with Gasteiger partial charge in [0.2, 0.25) is 0 Å². The molecule has 1 aliphatic rings. The first-order valence-electron chi connectivity index (χ1n) is 13.0. The number of hydrogen-bond acceptors (Lipinski definition) is 6. The number of carbonyl (C=O) groups excluding carboxylic acids is 1. The zero-order chi connectivity index (χ0) is 28.0. The molecule has 40 heavy (non-hydrogen) atoms. The van der Waals surface area contributed by atoms with E-state index in [1.54, 1.807) is 18.2 Å². The smallest absolute Gasteiger partial charge is 0.258 e. The molecular weight excluding hydrogens is 516 g/mol. The highest BCUT2D eigenvalue weighted by molar-refractivity contribution is 6.06. The number of benzene rings is 3. The lowest BCUT2D eigenvalue weighted by molar-refractivity contribution is 0.00880. The number of nitrogens with one attached hydrogen (secondary N) is 3. The first-order chi connectivity index (χ1) is 19.2. The van der Waals surface area contributed by atoms with Gasteiger partial charge in [-0.15, -0.1) is 0 Å². The zero-order valence-electron chi connectivity index (χ0n) is 22.3. The number of morpholine rings is 1. The molecule has 3 aromatic carbocycles. The second-order valence-electron chi connectivity index (χ2n) is 10.4. The van der Waals surface area contributed by atoms with Crippen molar-refractivity contribution in [3.63, 3.8) is 0 Å². The van der Waals surface area contributed by atoms with E-state index in [4.69, 9.17) is 9.72 Å². The monoisotopic (exact) mass is 545 g/mol. The van der Waals surface area contributed by atoms with Crippen LogP contribution < -0.4 is 10.2 Å². The number of ether oxygens (including phenoxy) is 1. The predicted molar refractivity (Wildman–Crippen MR) is 151 cm³/mol. The molecule has 2 aromatic heterocycles. The third kappa shape index (κ3) is 5.01. The molecule has 1 fully saturated rings. The average Bonchev–Trinajstić information content (AvgIpc) is 3.52. The number of likely N-dealkylation sites (N-methyl/N-ethyl adjacent to an activating group) is 1. The van der Waals surface area contributed by atoms with E-state index in [1.807, 2.05) is 20.2 Å². The molecule has 0 bridgehead atoms. The van der Waals surface area contributed by atoms with Crippen molar-refractivity contribution in [3.8, 4) is 11.5 Å². The summed E-state index contributed by atoms with van der Waals surface area (Å²) in [4.78, 5) is 25.3. The van der Waals surface area contributed by atoms with Crippen LogP contribution in [0.3, 0.4) is 0 Å². The Hall–Kier alpha value is -4.35. The van der Waals surface area contributed by atoms with E-state index < -0.39 is 17.5 Å². The van der Waals surface area contributed by atoms with Crippen molar-refractivity contribution in [2.24, 2.45) is 0 Å². The maximum absolute atomic E-state index is 14.1. The molecule has 2 atom stereocenters. The van der Waals surface area contributed by atoms with Crippen LogP contribution in [0, 0.1) is 11.6 Å². The van der Waals surface area contributed by atoms with Gasteiger partial charge in [-0.05, 0) is 69.6 Å². The van der Waals surface area contributed by atoms with Crippen molar-refractivity contribution in [3.05, 3.63) is 71.8 Å². The molecule has 0 spiro atoms. The van der Waals surface area contributed by atoms with Crippen molar-refractivity contribution >= 4 is 39.2 Å². The van der Waals surface area contributed by atoms with Crippen LogP contribution in [-0.4, -0.2) is 76.9 Å². The van der Waals surface area contributed by atoms with Gasteiger partial charge in [0.1, 0.15) is 17.3 Å². The molecule has 11 heteroatoms. The molecule has 1 saturated heterocycles. The highest BCUT2D eigenvalue weighted by atomic mass is 19.1. The van der Waals surface area contributed by atoms with Crippen LogP contribution in [0.1, 0.15) is 17.3 Å². The number of aromatic amines is 2.